The summed E-state index contributed by atoms with van der Waals surface area (Å²) in [5.74, 6) is 1.01. The Morgan fingerprint density at radius 2 is 1.87 bits per heavy atom. The van der Waals surface area contributed by atoms with Crippen LogP contribution in [0.5, 0.6) is 5.75 Å². The number of thioether (sulfide) groups is 1. The second kappa shape index (κ2) is 13.4. The number of nitro groups is 1. The Morgan fingerprint density at radius 1 is 1.13 bits per heavy atom. The van der Waals surface area contributed by atoms with Gasteiger partial charge in [0.2, 0.25) is 0 Å². The van der Waals surface area contributed by atoms with E-state index in [9.17, 15) is 14.9 Å². The number of nitrogens with one attached hydrogen (secondary N) is 1. The third-order valence-corrected chi connectivity index (χ3v) is 6.41. The molecule has 12 heteroatoms. The number of carbonyl (C=O) groups is 1. The van der Waals surface area contributed by atoms with E-state index in [1.807, 2.05) is 47.9 Å². The van der Waals surface area contributed by atoms with Crippen LogP contribution in [-0.4, -0.2) is 44.2 Å². The summed E-state index contributed by atoms with van der Waals surface area (Å²) in [4.78, 5) is 23.1. The molecule has 0 spiro atoms. The van der Waals surface area contributed by atoms with Gasteiger partial charge in [-0.05, 0) is 73.7 Å². The molecule has 1 aromatic heterocycles. The predicted molar refractivity (Wildman–Crippen MR) is 152 cm³/mol. The highest BCUT2D eigenvalue weighted by Crippen LogP contribution is 2.29. The van der Waals surface area contributed by atoms with Gasteiger partial charge in [0.05, 0.1) is 22.8 Å². The van der Waals surface area contributed by atoms with Crippen molar-refractivity contribution in [2.24, 2.45) is 5.10 Å². The Bertz CT molecular complexity index is 1500. The molecule has 0 radical (unpaired) electrons. The van der Waals surface area contributed by atoms with E-state index in [2.05, 4.69) is 20.7 Å². The summed E-state index contributed by atoms with van der Waals surface area (Å²) >= 11 is 7.26. The molecule has 0 unspecified atom stereocenters. The summed E-state index contributed by atoms with van der Waals surface area (Å²) < 4.78 is 7.41. The van der Waals surface area contributed by atoms with Crippen molar-refractivity contribution in [2.75, 3.05) is 12.4 Å². The number of ether oxygens (including phenoxy) is 1. The van der Waals surface area contributed by atoms with Crippen LogP contribution < -0.4 is 10.2 Å². The fraction of sp³-hybridized carbons (Fsp3) is 0.111. The van der Waals surface area contributed by atoms with Gasteiger partial charge in [-0.2, -0.15) is 5.10 Å². The van der Waals surface area contributed by atoms with Crippen molar-refractivity contribution < 1.29 is 14.5 Å². The number of hydrogen-bond acceptors (Lipinski definition) is 8. The molecule has 0 saturated heterocycles. The van der Waals surface area contributed by atoms with E-state index in [0.717, 1.165) is 17.0 Å². The van der Waals surface area contributed by atoms with Gasteiger partial charge in [-0.25, -0.2) is 5.43 Å². The molecule has 1 N–H and O–H groups in total. The van der Waals surface area contributed by atoms with E-state index in [1.54, 1.807) is 36.4 Å². The quantitative estimate of drug-likeness (QED) is 0.106. The smallest absolute Gasteiger partial charge is 0.276 e. The minimum Gasteiger partial charge on any atom is -0.494 e. The monoisotopic (exact) mass is 562 g/mol. The number of nitro benzene ring substituents is 1. The van der Waals surface area contributed by atoms with Crippen LogP contribution in [-0.2, 0) is 4.79 Å². The lowest BCUT2D eigenvalue weighted by Crippen LogP contribution is -2.19. The molecule has 1 amide bonds. The first kappa shape index (κ1) is 27.6. The summed E-state index contributed by atoms with van der Waals surface area (Å²) in [5, 5.41) is 24.8. The molecule has 0 aliphatic carbocycles. The van der Waals surface area contributed by atoms with E-state index in [-0.39, 0.29) is 17.3 Å². The number of rotatable bonds is 11. The van der Waals surface area contributed by atoms with Crippen LogP contribution in [0.4, 0.5) is 5.69 Å². The Labute approximate surface area is 233 Å². The van der Waals surface area contributed by atoms with Crippen molar-refractivity contribution >= 4 is 47.2 Å². The fourth-order valence-electron chi connectivity index (χ4n) is 3.50. The number of halogens is 1. The van der Waals surface area contributed by atoms with Crippen LogP contribution in [0.15, 0.2) is 89.1 Å². The third kappa shape index (κ3) is 7.30. The van der Waals surface area contributed by atoms with Gasteiger partial charge in [-0.15, -0.1) is 10.2 Å². The molecule has 0 saturated carbocycles. The van der Waals surface area contributed by atoms with Gasteiger partial charge >= 0.3 is 0 Å². The molecule has 0 bridgehead atoms. The van der Waals surface area contributed by atoms with Crippen molar-refractivity contribution in [1.29, 1.82) is 0 Å². The molecule has 0 aliphatic rings. The van der Waals surface area contributed by atoms with Gasteiger partial charge in [0.1, 0.15) is 5.75 Å². The van der Waals surface area contributed by atoms with Crippen molar-refractivity contribution in [3.63, 3.8) is 0 Å². The second-order valence-electron chi connectivity index (χ2n) is 7.85. The number of benzene rings is 3. The standard InChI is InChI=1S/C27H23ClN6O4S/c1-2-38-23-15-13-22(14-16-23)33-26(20-9-11-21(28)12-10-20)31-32-27(33)39-18-25(35)30-29-17-5-7-19-6-3-4-8-24(19)34(36)37/h3-17H,2,18H2,1H3,(H,30,35)/b7-5-,29-17+. The molecule has 198 valence electrons. The summed E-state index contributed by atoms with van der Waals surface area (Å²) in [6.45, 7) is 2.48. The number of aromatic nitrogens is 3. The van der Waals surface area contributed by atoms with Crippen LogP contribution >= 0.6 is 23.4 Å². The van der Waals surface area contributed by atoms with Crippen molar-refractivity contribution in [2.45, 2.75) is 12.1 Å². The van der Waals surface area contributed by atoms with Crippen LogP contribution in [0.25, 0.3) is 23.2 Å². The second-order valence-corrected chi connectivity index (χ2v) is 9.23. The van der Waals surface area contributed by atoms with Gasteiger partial charge < -0.3 is 4.74 Å². The molecule has 4 aromatic rings. The number of hydrazone groups is 1. The van der Waals surface area contributed by atoms with Crippen LogP contribution in [0, 0.1) is 10.1 Å². The zero-order chi connectivity index (χ0) is 27.6. The van der Waals surface area contributed by atoms with Gasteiger partial charge in [0.15, 0.2) is 11.0 Å². The maximum Gasteiger partial charge on any atom is 0.276 e. The number of carbonyl (C=O) groups excluding carboxylic acids is 1. The van der Waals surface area contributed by atoms with Gasteiger partial charge in [-0.1, -0.05) is 35.5 Å². The molecule has 3 aromatic carbocycles. The minimum absolute atomic E-state index is 0.0165. The normalized spacial score (nSPS) is 11.2. The first-order valence-corrected chi connectivity index (χ1v) is 13.1. The van der Waals surface area contributed by atoms with Crippen molar-refractivity contribution in [3.05, 3.63) is 99.6 Å². The molecule has 1 heterocycles. The molecule has 10 nitrogen and oxygen atoms in total. The number of allylic oxidation sites excluding steroid dienone is 1. The highest BCUT2D eigenvalue weighted by atomic mass is 35.5. The number of para-hydroxylation sites is 1. The maximum atomic E-state index is 12.4. The Balaban J connectivity index is 1.45. The first-order valence-electron chi connectivity index (χ1n) is 11.8. The fourth-order valence-corrected chi connectivity index (χ4v) is 4.37. The summed E-state index contributed by atoms with van der Waals surface area (Å²) in [6, 6.07) is 21.1. The Kier molecular flexibility index (Phi) is 9.44. The van der Waals surface area contributed by atoms with Crippen molar-refractivity contribution in [1.82, 2.24) is 20.2 Å². The van der Waals surface area contributed by atoms with E-state index >= 15 is 0 Å². The van der Waals surface area contributed by atoms with Crippen molar-refractivity contribution in [3.8, 4) is 22.8 Å². The Hall–Kier alpha value is -4.48. The van der Waals surface area contributed by atoms with Gasteiger partial charge in [-0.3, -0.25) is 19.5 Å². The highest BCUT2D eigenvalue weighted by molar-refractivity contribution is 7.99. The third-order valence-electron chi connectivity index (χ3n) is 5.23. The molecule has 39 heavy (non-hydrogen) atoms. The zero-order valence-electron chi connectivity index (χ0n) is 20.7. The highest BCUT2D eigenvalue weighted by Gasteiger charge is 2.17. The number of nitrogens with zero attached hydrogens (tertiary/aromatic N) is 5. The van der Waals surface area contributed by atoms with Crippen LogP contribution in [0.3, 0.4) is 0 Å². The largest absolute Gasteiger partial charge is 0.494 e. The topological polar surface area (TPSA) is 125 Å². The van der Waals surface area contributed by atoms with E-state index in [0.29, 0.717) is 28.2 Å². The molecule has 0 aliphatic heterocycles. The minimum atomic E-state index is -0.458. The number of hydrogen-bond donors (Lipinski definition) is 1. The molecule has 0 atom stereocenters. The maximum absolute atomic E-state index is 12.4. The average Bonchev–Trinajstić information content (AvgIpc) is 3.37. The summed E-state index contributed by atoms with van der Waals surface area (Å²) in [6.07, 6.45) is 4.40. The molecule has 0 fully saturated rings. The number of amides is 1. The van der Waals surface area contributed by atoms with Crippen LogP contribution in [0.2, 0.25) is 5.02 Å². The van der Waals surface area contributed by atoms with Gasteiger partial charge in [0, 0.05) is 28.6 Å². The Morgan fingerprint density at radius 3 is 2.59 bits per heavy atom. The van der Waals surface area contributed by atoms with E-state index in [4.69, 9.17) is 16.3 Å². The predicted octanol–water partition coefficient (Wildman–Crippen LogP) is 5.80. The lowest BCUT2D eigenvalue weighted by molar-refractivity contribution is -0.385. The summed E-state index contributed by atoms with van der Waals surface area (Å²) in [7, 11) is 0. The molecular weight excluding hydrogens is 540 g/mol. The lowest BCUT2D eigenvalue weighted by Gasteiger charge is -2.11. The van der Waals surface area contributed by atoms with Crippen LogP contribution in [0.1, 0.15) is 12.5 Å². The SMILES string of the molecule is CCOc1ccc(-n2c(SCC(=O)N/N=C/C=C\c3ccccc3[N+](=O)[O-])nnc2-c2ccc(Cl)cc2)cc1. The lowest BCUT2D eigenvalue weighted by atomic mass is 10.2. The van der Waals surface area contributed by atoms with Gasteiger partial charge in [0.25, 0.3) is 11.6 Å². The zero-order valence-corrected chi connectivity index (χ0v) is 22.3. The molecular formula is C27H23ClN6O4S. The molecule has 4 rings (SSSR count). The first-order chi connectivity index (χ1) is 19.0. The van der Waals surface area contributed by atoms with E-state index in [1.165, 1.54) is 30.1 Å². The average molecular weight is 563 g/mol. The van der Waals surface area contributed by atoms with E-state index < -0.39 is 4.92 Å². The summed E-state index contributed by atoms with van der Waals surface area (Å²) in [5.41, 5.74) is 4.47.